The number of hydrogen-bond acceptors (Lipinski definition) is 2. The van der Waals surface area contributed by atoms with Crippen LogP contribution >= 0.6 is 0 Å². The van der Waals surface area contributed by atoms with Crippen molar-refractivity contribution in [3.63, 3.8) is 0 Å². The Labute approximate surface area is 89.2 Å². The molecule has 0 atom stereocenters. The number of benzene rings is 1. The number of hydrogen-bond donors (Lipinski definition) is 2. The maximum atomic E-state index is 11.6. The van der Waals surface area contributed by atoms with Crippen molar-refractivity contribution >= 4 is 11.7 Å². The number of anilines is 1. The lowest BCUT2D eigenvalue weighted by Crippen LogP contribution is -2.45. The summed E-state index contributed by atoms with van der Waals surface area (Å²) in [6, 6.07) is 7.68. The molecular weight excluding hydrogens is 190 g/mol. The number of urea groups is 1. The predicted molar refractivity (Wildman–Crippen MR) is 59.4 cm³/mol. The molecule has 4 heteroatoms. The van der Waals surface area contributed by atoms with Crippen molar-refractivity contribution < 1.29 is 4.79 Å². The lowest BCUT2D eigenvalue weighted by Gasteiger charge is -2.19. The molecule has 0 aromatic heterocycles. The van der Waals surface area contributed by atoms with E-state index in [0.29, 0.717) is 0 Å². The van der Waals surface area contributed by atoms with Gasteiger partial charge in [-0.3, -0.25) is 0 Å². The van der Waals surface area contributed by atoms with Crippen molar-refractivity contribution in [2.75, 3.05) is 5.01 Å². The van der Waals surface area contributed by atoms with Crippen molar-refractivity contribution in [3.05, 3.63) is 29.8 Å². The molecule has 4 nitrogen and oxygen atoms in total. The highest BCUT2D eigenvalue weighted by atomic mass is 16.2. The van der Waals surface area contributed by atoms with Gasteiger partial charge in [-0.2, -0.15) is 0 Å². The van der Waals surface area contributed by atoms with Gasteiger partial charge in [-0.1, -0.05) is 17.7 Å². The van der Waals surface area contributed by atoms with Crippen LogP contribution in [0.3, 0.4) is 0 Å². The zero-order valence-electron chi connectivity index (χ0n) is 9.16. The molecule has 2 amide bonds. The molecule has 15 heavy (non-hydrogen) atoms. The Kier molecular flexibility index (Phi) is 2.16. The number of nitrogens with one attached hydrogen (secondary N) is 2. The molecule has 1 saturated heterocycles. The minimum atomic E-state index is -0.387. The van der Waals surface area contributed by atoms with Crippen LogP contribution in [0.25, 0.3) is 0 Å². The van der Waals surface area contributed by atoms with Gasteiger partial charge in [-0.25, -0.2) is 15.2 Å². The van der Waals surface area contributed by atoms with Gasteiger partial charge < -0.3 is 5.32 Å². The quantitative estimate of drug-likeness (QED) is 0.733. The van der Waals surface area contributed by atoms with Crippen LogP contribution < -0.4 is 15.8 Å². The van der Waals surface area contributed by atoms with E-state index < -0.39 is 0 Å². The van der Waals surface area contributed by atoms with Gasteiger partial charge >= 0.3 is 6.03 Å². The first kappa shape index (κ1) is 9.98. The fraction of sp³-hybridized carbons (Fsp3) is 0.364. The van der Waals surface area contributed by atoms with E-state index >= 15 is 0 Å². The summed E-state index contributed by atoms with van der Waals surface area (Å²) in [4.78, 5) is 11.6. The van der Waals surface area contributed by atoms with Crippen LogP contribution in [0.15, 0.2) is 24.3 Å². The highest BCUT2D eigenvalue weighted by Crippen LogP contribution is 2.18. The third-order valence-electron chi connectivity index (χ3n) is 2.31. The maximum absolute atomic E-state index is 11.6. The first-order valence-corrected chi connectivity index (χ1v) is 4.95. The molecule has 1 aliphatic heterocycles. The van der Waals surface area contributed by atoms with Crippen LogP contribution in [-0.4, -0.2) is 11.7 Å². The molecule has 0 unspecified atom stereocenters. The van der Waals surface area contributed by atoms with Gasteiger partial charge in [0.05, 0.1) is 5.69 Å². The lowest BCUT2D eigenvalue weighted by atomic mass is 10.2. The van der Waals surface area contributed by atoms with E-state index in [1.54, 1.807) is 0 Å². The third-order valence-corrected chi connectivity index (χ3v) is 2.31. The molecule has 2 rings (SSSR count). The van der Waals surface area contributed by atoms with Crippen molar-refractivity contribution in [1.82, 2.24) is 10.7 Å². The average molecular weight is 205 g/mol. The Bertz CT molecular complexity index is 383. The van der Waals surface area contributed by atoms with Crippen LogP contribution in [0.4, 0.5) is 10.5 Å². The van der Waals surface area contributed by atoms with Crippen molar-refractivity contribution in [2.45, 2.75) is 26.4 Å². The van der Waals surface area contributed by atoms with Crippen LogP contribution in [-0.2, 0) is 0 Å². The van der Waals surface area contributed by atoms with Gasteiger partial charge in [0.15, 0.2) is 0 Å². The summed E-state index contributed by atoms with van der Waals surface area (Å²) in [6.07, 6.45) is 0. The molecule has 80 valence electrons. The van der Waals surface area contributed by atoms with E-state index in [0.717, 1.165) is 5.69 Å². The van der Waals surface area contributed by atoms with E-state index in [-0.39, 0.29) is 11.7 Å². The summed E-state index contributed by atoms with van der Waals surface area (Å²) >= 11 is 0. The molecule has 1 aromatic rings. The number of rotatable bonds is 1. The second-order valence-electron chi connectivity index (χ2n) is 4.34. The molecule has 0 spiro atoms. The fourth-order valence-electron chi connectivity index (χ4n) is 1.56. The average Bonchev–Trinajstić information content (AvgIpc) is 2.41. The number of amides is 2. The largest absolute Gasteiger partial charge is 0.338 e. The molecule has 0 aliphatic carbocycles. The van der Waals surface area contributed by atoms with E-state index in [1.807, 2.05) is 45.0 Å². The van der Waals surface area contributed by atoms with Crippen LogP contribution in [0.5, 0.6) is 0 Å². The highest BCUT2D eigenvalue weighted by molar-refractivity contribution is 5.93. The van der Waals surface area contributed by atoms with Gasteiger partial charge in [0.2, 0.25) is 0 Å². The normalized spacial score (nSPS) is 19.1. The van der Waals surface area contributed by atoms with Gasteiger partial charge in [0.1, 0.15) is 5.66 Å². The van der Waals surface area contributed by atoms with Gasteiger partial charge in [-0.15, -0.1) is 0 Å². The number of hydrazine groups is 1. The Morgan fingerprint density at radius 2 is 1.80 bits per heavy atom. The summed E-state index contributed by atoms with van der Waals surface area (Å²) in [5, 5.41) is 4.36. The van der Waals surface area contributed by atoms with E-state index in [4.69, 9.17) is 0 Å². The van der Waals surface area contributed by atoms with E-state index in [2.05, 4.69) is 10.7 Å². The monoisotopic (exact) mass is 205 g/mol. The van der Waals surface area contributed by atoms with Crippen molar-refractivity contribution in [2.24, 2.45) is 0 Å². The zero-order valence-corrected chi connectivity index (χ0v) is 9.16. The Morgan fingerprint density at radius 3 is 2.27 bits per heavy atom. The summed E-state index contributed by atoms with van der Waals surface area (Å²) in [7, 11) is 0. The summed E-state index contributed by atoms with van der Waals surface area (Å²) < 4.78 is 0. The van der Waals surface area contributed by atoms with Crippen LogP contribution in [0.2, 0.25) is 0 Å². The van der Waals surface area contributed by atoms with Crippen LogP contribution in [0, 0.1) is 6.92 Å². The Morgan fingerprint density at radius 1 is 1.20 bits per heavy atom. The zero-order chi connectivity index (χ0) is 11.1. The number of carbonyl (C=O) groups is 1. The van der Waals surface area contributed by atoms with Crippen molar-refractivity contribution in [1.29, 1.82) is 0 Å². The molecule has 1 aliphatic rings. The molecule has 1 heterocycles. The van der Waals surface area contributed by atoms with Gasteiger partial charge in [-0.05, 0) is 32.9 Å². The Hall–Kier alpha value is -1.55. The molecule has 0 bridgehead atoms. The first-order chi connectivity index (χ1) is 6.98. The first-order valence-electron chi connectivity index (χ1n) is 4.95. The standard InChI is InChI=1S/C11H15N3O/c1-8-4-6-9(7-5-8)14-10(15)12-11(2,3)13-14/h4-7,13H,1-3H3,(H,12,15). The molecule has 0 radical (unpaired) electrons. The van der Waals surface area contributed by atoms with Gasteiger partial charge in [0.25, 0.3) is 0 Å². The summed E-state index contributed by atoms with van der Waals surface area (Å²) in [6.45, 7) is 5.85. The number of carbonyl (C=O) groups excluding carboxylic acids is 1. The lowest BCUT2D eigenvalue weighted by molar-refractivity contribution is 0.248. The molecule has 1 fully saturated rings. The molecular formula is C11H15N3O. The maximum Gasteiger partial charge on any atom is 0.338 e. The number of aryl methyl sites for hydroxylation is 1. The highest BCUT2D eigenvalue weighted by Gasteiger charge is 2.34. The topological polar surface area (TPSA) is 44.4 Å². The molecule has 0 saturated carbocycles. The summed E-state index contributed by atoms with van der Waals surface area (Å²) in [5.74, 6) is 0. The van der Waals surface area contributed by atoms with Gasteiger partial charge in [0, 0.05) is 0 Å². The SMILES string of the molecule is Cc1ccc(N2NC(C)(C)NC2=O)cc1. The minimum Gasteiger partial charge on any atom is -0.317 e. The Balaban J connectivity index is 2.25. The smallest absolute Gasteiger partial charge is 0.317 e. The van der Waals surface area contributed by atoms with E-state index in [1.165, 1.54) is 10.6 Å². The van der Waals surface area contributed by atoms with E-state index in [9.17, 15) is 4.79 Å². The number of nitrogens with zero attached hydrogens (tertiary/aromatic N) is 1. The van der Waals surface area contributed by atoms with Crippen LogP contribution in [0.1, 0.15) is 19.4 Å². The third kappa shape index (κ3) is 1.94. The predicted octanol–water partition coefficient (Wildman–Crippen LogP) is 1.77. The molecule has 2 N–H and O–H groups in total. The second kappa shape index (κ2) is 3.24. The molecule has 1 aromatic carbocycles. The summed E-state index contributed by atoms with van der Waals surface area (Å²) in [5.41, 5.74) is 4.73. The van der Waals surface area contributed by atoms with Crippen molar-refractivity contribution in [3.8, 4) is 0 Å². The fourth-order valence-corrected chi connectivity index (χ4v) is 1.56. The second-order valence-corrected chi connectivity index (χ2v) is 4.34. The minimum absolute atomic E-state index is 0.121.